The molecule has 1 aliphatic heterocycles. The largest absolute Gasteiger partial charge is 0.321 e. The highest BCUT2D eigenvalue weighted by Crippen LogP contribution is 2.28. The van der Waals surface area contributed by atoms with Crippen LogP contribution in [0.4, 0.5) is 20.6 Å². The first-order chi connectivity index (χ1) is 14.9. The van der Waals surface area contributed by atoms with Crippen LogP contribution in [0.15, 0.2) is 71.9 Å². The quantitative estimate of drug-likeness (QED) is 0.684. The normalized spacial score (nSPS) is 15.6. The number of urea groups is 1. The van der Waals surface area contributed by atoms with E-state index < -0.39 is 23.9 Å². The summed E-state index contributed by atoms with van der Waals surface area (Å²) in [7, 11) is 1.59. The zero-order chi connectivity index (χ0) is 22.0. The summed E-state index contributed by atoms with van der Waals surface area (Å²) < 4.78 is 14.6. The Bertz CT molecular complexity index is 1180. The third-order valence-corrected chi connectivity index (χ3v) is 4.91. The molecule has 0 spiro atoms. The maximum atomic E-state index is 14.6. The van der Waals surface area contributed by atoms with E-state index in [1.54, 1.807) is 61.6 Å². The van der Waals surface area contributed by atoms with E-state index in [0.29, 0.717) is 16.9 Å². The number of pyridine rings is 1. The predicted octanol–water partition coefficient (Wildman–Crippen LogP) is 3.49. The summed E-state index contributed by atoms with van der Waals surface area (Å²) >= 11 is 0. The maximum absolute atomic E-state index is 14.6. The van der Waals surface area contributed by atoms with Crippen molar-refractivity contribution in [1.29, 1.82) is 0 Å². The summed E-state index contributed by atoms with van der Waals surface area (Å²) in [6.45, 7) is 1.83. The summed E-state index contributed by atoms with van der Waals surface area (Å²) in [5.41, 5.74) is 2.97. The maximum Gasteiger partial charge on any atom is 0.321 e. The molecule has 2 N–H and O–H groups in total. The number of hydrogen-bond acceptors (Lipinski definition) is 4. The number of aromatic nitrogens is 1. The lowest BCUT2D eigenvalue weighted by molar-refractivity contribution is -0.119. The molecule has 1 unspecified atom stereocenters. The average Bonchev–Trinajstić information content (AvgIpc) is 2.87. The summed E-state index contributed by atoms with van der Waals surface area (Å²) in [6.07, 6.45) is 0.269. The number of likely N-dealkylation sites (N-methyl/N-ethyl adjacent to an activating group) is 1. The highest BCUT2D eigenvalue weighted by molar-refractivity contribution is 6.20. The van der Waals surface area contributed by atoms with Crippen LogP contribution in [0.1, 0.15) is 16.8 Å². The van der Waals surface area contributed by atoms with Gasteiger partial charge in [-0.15, -0.1) is 0 Å². The van der Waals surface area contributed by atoms with Gasteiger partial charge in [0.25, 0.3) is 5.91 Å². The molecule has 7 nitrogen and oxygen atoms in total. The molecule has 2 heterocycles. The number of nitrogens with zero attached hydrogens (tertiary/aromatic N) is 3. The SMILES string of the molecule is Cc1ccc(NC(=O)NC2N=C(c3ccccc3F)c3ccccc3N(C)C2=O)cn1. The van der Waals surface area contributed by atoms with Crippen LogP contribution in [-0.4, -0.2) is 35.8 Å². The highest BCUT2D eigenvalue weighted by atomic mass is 19.1. The predicted molar refractivity (Wildman–Crippen MR) is 117 cm³/mol. The Morgan fingerprint density at radius 2 is 1.74 bits per heavy atom. The van der Waals surface area contributed by atoms with Crippen molar-refractivity contribution in [2.45, 2.75) is 13.1 Å². The van der Waals surface area contributed by atoms with Crippen molar-refractivity contribution in [3.8, 4) is 0 Å². The molecule has 0 bridgehead atoms. The van der Waals surface area contributed by atoms with E-state index >= 15 is 0 Å². The van der Waals surface area contributed by atoms with E-state index in [0.717, 1.165) is 5.69 Å². The van der Waals surface area contributed by atoms with Gasteiger partial charge in [0.2, 0.25) is 6.17 Å². The molecule has 31 heavy (non-hydrogen) atoms. The van der Waals surface area contributed by atoms with Crippen molar-refractivity contribution >= 4 is 29.0 Å². The number of benzodiazepines with no additional fused rings is 1. The molecular formula is C23H20FN5O2. The fraction of sp³-hybridized carbons (Fsp3) is 0.130. The molecule has 0 fully saturated rings. The Morgan fingerprint density at radius 1 is 1.03 bits per heavy atom. The Morgan fingerprint density at radius 3 is 2.45 bits per heavy atom. The first-order valence-electron chi connectivity index (χ1n) is 9.64. The minimum Gasteiger partial charge on any atom is -0.311 e. The molecule has 1 atom stereocenters. The average molecular weight is 417 g/mol. The van der Waals surface area contributed by atoms with Crippen LogP contribution in [0, 0.1) is 12.7 Å². The molecule has 8 heteroatoms. The molecule has 3 aromatic rings. The number of aliphatic imine (C=N–C) groups is 1. The van der Waals surface area contributed by atoms with E-state index in [1.807, 2.05) is 6.92 Å². The lowest BCUT2D eigenvalue weighted by Crippen LogP contribution is -2.47. The van der Waals surface area contributed by atoms with Crippen molar-refractivity contribution in [2.75, 3.05) is 17.3 Å². The van der Waals surface area contributed by atoms with Gasteiger partial charge in [-0.3, -0.25) is 9.78 Å². The smallest absolute Gasteiger partial charge is 0.311 e. The van der Waals surface area contributed by atoms with Crippen LogP contribution in [0.2, 0.25) is 0 Å². The van der Waals surface area contributed by atoms with Crippen molar-refractivity contribution in [2.24, 2.45) is 4.99 Å². The zero-order valence-corrected chi connectivity index (χ0v) is 17.0. The van der Waals surface area contributed by atoms with Gasteiger partial charge in [-0.1, -0.05) is 30.3 Å². The van der Waals surface area contributed by atoms with Gasteiger partial charge in [0.15, 0.2) is 0 Å². The Hall–Kier alpha value is -4.07. The van der Waals surface area contributed by atoms with Gasteiger partial charge >= 0.3 is 6.03 Å². The summed E-state index contributed by atoms with van der Waals surface area (Å²) in [5, 5.41) is 5.21. The number of amides is 3. The molecule has 1 aromatic heterocycles. The number of anilines is 2. The van der Waals surface area contributed by atoms with E-state index in [9.17, 15) is 14.0 Å². The molecule has 0 aliphatic carbocycles. The molecule has 0 saturated heterocycles. The van der Waals surface area contributed by atoms with Gasteiger partial charge in [-0.05, 0) is 37.3 Å². The van der Waals surface area contributed by atoms with Gasteiger partial charge in [-0.2, -0.15) is 0 Å². The van der Waals surface area contributed by atoms with Crippen molar-refractivity contribution in [3.05, 3.63) is 89.5 Å². The summed E-state index contributed by atoms with van der Waals surface area (Å²) in [4.78, 5) is 35.6. The molecule has 2 aromatic carbocycles. The van der Waals surface area contributed by atoms with Gasteiger partial charge in [0.1, 0.15) is 5.82 Å². The second-order valence-corrected chi connectivity index (χ2v) is 7.06. The van der Waals surface area contributed by atoms with Crippen LogP contribution in [-0.2, 0) is 4.79 Å². The Labute approximate surface area is 178 Å². The number of hydrogen-bond donors (Lipinski definition) is 2. The minimum atomic E-state index is -1.24. The second-order valence-electron chi connectivity index (χ2n) is 7.06. The van der Waals surface area contributed by atoms with Crippen molar-refractivity contribution in [1.82, 2.24) is 10.3 Å². The zero-order valence-electron chi connectivity index (χ0n) is 17.0. The number of nitrogens with one attached hydrogen (secondary N) is 2. The third-order valence-electron chi connectivity index (χ3n) is 4.91. The van der Waals surface area contributed by atoms with Crippen LogP contribution < -0.4 is 15.5 Å². The van der Waals surface area contributed by atoms with E-state index in [-0.39, 0.29) is 11.3 Å². The number of carbonyl (C=O) groups excluding carboxylic acids is 2. The monoisotopic (exact) mass is 417 g/mol. The van der Waals surface area contributed by atoms with Gasteiger partial charge < -0.3 is 15.5 Å². The Kier molecular flexibility index (Phi) is 5.44. The van der Waals surface area contributed by atoms with E-state index in [1.165, 1.54) is 17.2 Å². The van der Waals surface area contributed by atoms with Crippen LogP contribution >= 0.6 is 0 Å². The fourth-order valence-electron chi connectivity index (χ4n) is 3.32. The minimum absolute atomic E-state index is 0.244. The van der Waals surface area contributed by atoms with Crippen LogP contribution in [0.3, 0.4) is 0 Å². The van der Waals surface area contributed by atoms with Gasteiger partial charge in [0.05, 0.1) is 23.3 Å². The number of halogens is 1. The van der Waals surface area contributed by atoms with Crippen molar-refractivity contribution in [3.63, 3.8) is 0 Å². The number of benzene rings is 2. The highest BCUT2D eigenvalue weighted by Gasteiger charge is 2.31. The summed E-state index contributed by atoms with van der Waals surface area (Å²) in [6, 6.07) is 16.1. The van der Waals surface area contributed by atoms with Gasteiger partial charge in [-0.25, -0.2) is 14.2 Å². The lowest BCUT2D eigenvalue weighted by Gasteiger charge is -2.21. The van der Waals surface area contributed by atoms with Crippen molar-refractivity contribution < 1.29 is 14.0 Å². The van der Waals surface area contributed by atoms with E-state index in [4.69, 9.17) is 0 Å². The third kappa shape index (κ3) is 4.13. The number of para-hydroxylation sites is 1. The number of carbonyl (C=O) groups is 2. The van der Waals surface area contributed by atoms with Crippen LogP contribution in [0.5, 0.6) is 0 Å². The molecular weight excluding hydrogens is 397 g/mol. The number of rotatable bonds is 3. The fourth-order valence-corrected chi connectivity index (χ4v) is 3.32. The molecule has 0 saturated carbocycles. The van der Waals surface area contributed by atoms with Crippen LogP contribution in [0.25, 0.3) is 0 Å². The topological polar surface area (TPSA) is 86.7 Å². The first kappa shape index (κ1) is 20.2. The number of fused-ring (bicyclic) bond motifs is 1. The molecule has 156 valence electrons. The standard InChI is InChI=1S/C23H20FN5O2/c1-14-11-12-15(13-25-14)26-23(31)28-21-22(30)29(2)19-10-6-4-8-17(19)20(27-21)16-7-3-5-9-18(16)24/h3-13,21H,1-2H3,(H2,26,28,31). The summed E-state index contributed by atoms with van der Waals surface area (Å²) in [5.74, 6) is -0.919. The molecule has 4 rings (SSSR count). The number of aryl methyl sites for hydroxylation is 1. The Balaban J connectivity index is 1.71. The second kappa shape index (κ2) is 8.35. The molecule has 1 aliphatic rings. The van der Waals surface area contributed by atoms with Gasteiger partial charge in [0, 0.05) is 23.9 Å². The molecule has 3 amide bonds. The molecule has 0 radical (unpaired) electrons. The lowest BCUT2D eigenvalue weighted by atomic mass is 10.00. The van der Waals surface area contributed by atoms with E-state index in [2.05, 4.69) is 20.6 Å². The first-order valence-corrected chi connectivity index (χ1v) is 9.64.